The van der Waals surface area contributed by atoms with Gasteiger partial charge in [-0.3, -0.25) is 9.36 Å². The summed E-state index contributed by atoms with van der Waals surface area (Å²) in [5, 5.41) is 3.97. The zero-order valence-corrected chi connectivity index (χ0v) is 14.9. The minimum Gasteiger partial charge on any atom is -0.490 e. The second-order valence-corrected chi connectivity index (χ2v) is 5.77. The van der Waals surface area contributed by atoms with Crippen molar-refractivity contribution >= 4 is 5.97 Å². The number of aromatic nitrogens is 2. The molecule has 26 heavy (non-hydrogen) atoms. The Morgan fingerprint density at radius 1 is 1.23 bits per heavy atom. The van der Waals surface area contributed by atoms with Crippen molar-refractivity contribution in [3.8, 4) is 11.6 Å². The largest absolute Gasteiger partial charge is 0.490 e. The third kappa shape index (κ3) is 3.26. The summed E-state index contributed by atoms with van der Waals surface area (Å²) < 4.78 is 22.2. The fourth-order valence-corrected chi connectivity index (χ4v) is 2.66. The molecule has 0 amide bonds. The minimum atomic E-state index is -0.525. The van der Waals surface area contributed by atoms with Gasteiger partial charge < -0.3 is 18.4 Å². The molecule has 3 aromatic rings. The van der Waals surface area contributed by atoms with Crippen LogP contribution in [0.4, 0.5) is 0 Å². The molecule has 3 heterocycles. The van der Waals surface area contributed by atoms with Crippen molar-refractivity contribution in [1.82, 2.24) is 9.72 Å². The second-order valence-electron chi connectivity index (χ2n) is 5.77. The van der Waals surface area contributed by atoms with Crippen LogP contribution in [0.15, 0.2) is 38.2 Å². The quantitative estimate of drug-likeness (QED) is 0.647. The molecular formula is C18H18N2O6. The van der Waals surface area contributed by atoms with E-state index in [0.717, 1.165) is 5.69 Å². The summed E-state index contributed by atoms with van der Waals surface area (Å²) in [6.45, 7) is 5.28. The Labute approximate surface area is 148 Å². The van der Waals surface area contributed by atoms with E-state index >= 15 is 0 Å². The highest BCUT2D eigenvalue weighted by Gasteiger charge is 2.20. The average molecular weight is 358 g/mol. The number of ether oxygens (including phenoxy) is 2. The van der Waals surface area contributed by atoms with Crippen LogP contribution in [0.5, 0.6) is 5.75 Å². The van der Waals surface area contributed by atoms with Gasteiger partial charge >= 0.3 is 5.97 Å². The number of methoxy groups -OCH3 is 1. The summed E-state index contributed by atoms with van der Waals surface area (Å²) in [5.41, 5.74) is 1.55. The third-order valence-corrected chi connectivity index (χ3v) is 3.91. The SMILES string of the molecule is COc1coc(COC(=O)c2cc(C)n(-c3cc(C)on3)c2C)cc1=O. The van der Waals surface area contributed by atoms with Crippen molar-refractivity contribution < 1.29 is 23.2 Å². The topological polar surface area (TPSA) is 96.7 Å². The van der Waals surface area contributed by atoms with Gasteiger partial charge in [-0.1, -0.05) is 5.16 Å². The molecular weight excluding hydrogens is 340 g/mol. The van der Waals surface area contributed by atoms with Crippen LogP contribution in [0.1, 0.15) is 33.3 Å². The number of hydrogen-bond donors (Lipinski definition) is 0. The second kappa shape index (κ2) is 6.91. The summed E-state index contributed by atoms with van der Waals surface area (Å²) in [6, 6.07) is 4.72. The maximum Gasteiger partial charge on any atom is 0.340 e. The van der Waals surface area contributed by atoms with Gasteiger partial charge in [-0.25, -0.2) is 4.79 Å². The smallest absolute Gasteiger partial charge is 0.340 e. The average Bonchev–Trinajstić information content (AvgIpc) is 3.15. The number of esters is 1. The summed E-state index contributed by atoms with van der Waals surface area (Å²) >= 11 is 0. The van der Waals surface area contributed by atoms with E-state index in [1.165, 1.54) is 19.4 Å². The summed E-state index contributed by atoms with van der Waals surface area (Å²) in [7, 11) is 1.37. The molecule has 0 aliphatic rings. The van der Waals surface area contributed by atoms with E-state index in [-0.39, 0.29) is 23.5 Å². The number of aryl methyl sites for hydroxylation is 2. The third-order valence-electron chi connectivity index (χ3n) is 3.91. The number of hydrogen-bond acceptors (Lipinski definition) is 7. The predicted molar refractivity (Wildman–Crippen MR) is 90.7 cm³/mol. The van der Waals surface area contributed by atoms with Crippen LogP contribution in [-0.4, -0.2) is 22.8 Å². The highest BCUT2D eigenvalue weighted by atomic mass is 16.5. The van der Waals surface area contributed by atoms with Gasteiger partial charge in [-0.2, -0.15) is 0 Å². The normalized spacial score (nSPS) is 10.8. The minimum absolute atomic E-state index is 0.0894. The zero-order chi connectivity index (χ0) is 18.8. The lowest BCUT2D eigenvalue weighted by atomic mass is 10.2. The molecule has 0 unspecified atom stereocenters. The fraction of sp³-hybridized carbons (Fsp3) is 0.278. The fourth-order valence-electron chi connectivity index (χ4n) is 2.66. The van der Waals surface area contributed by atoms with Crippen LogP contribution in [0.25, 0.3) is 5.82 Å². The first-order chi connectivity index (χ1) is 12.4. The van der Waals surface area contributed by atoms with Crippen LogP contribution in [0.2, 0.25) is 0 Å². The Kier molecular flexibility index (Phi) is 4.66. The van der Waals surface area contributed by atoms with Crippen LogP contribution in [0, 0.1) is 20.8 Å². The Morgan fingerprint density at radius 3 is 2.62 bits per heavy atom. The molecule has 0 radical (unpaired) electrons. The molecule has 0 aliphatic carbocycles. The molecule has 8 heteroatoms. The molecule has 0 aliphatic heterocycles. The number of carbonyl (C=O) groups excluding carboxylic acids is 1. The van der Waals surface area contributed by atoms with Gasteiger partial charge in [0.25, 0.3) is 0 Å². The van der Waals surface area contributed by atoms with Crippen LogP contribution in [0.3, 0.4) is 0 Å². The van der Waals surface area contributed by atoms with E-state index in [1.807, 2.05) is 6.92 Å². The van der Waals surface area contributed by atoms with Gasteiger partial charge in [-0.15, -0.1) is 0 Å². The van der Waals surface area contributed by atoms with Gasteiger partial charge in [0, 0.05) is 23.5 Å². The number of nitrogens with zero attached hydrogens (tertiary/aromatic N) is 2. The van der Waals surface area contributed by atoms with E-state index in [2.05, 4.69) is 5.16 Å². The molecule has 0 aromatic carbocycles. The molecule has 0 saturated heterocycles. The van der Waals surface area contributed by atoms with Crippen molar-refractivity contribution in [3.05, 3.63) is 63.2 Å². The Morgan fingerprint density at radius 2 is 2.00 bits per heavy atom. The molecule has 0 bridgehead atoms. The maximum absolute atomic E-state index is 12.4. The summed E-state index contributed by atoms with van der Waals surface area (Å²) in [4.78, 5) is 24.1. The molecule has 8 nitrogen and oxygen atoms in total. The molecule has 136 valence electrons. The summed E-state index contributed by atoms with van der Waals surface area (Å²) in [6.07, 6.45) is 1.18. The van der Waals surface area contributed by atoms with Crippen LogP contribution < -0.4 is 10.2 Å². The van der Waals surface area contributed by atoms with Crippen molar-refractivity contribution in [2.75, 3.05) is 7.11 Å². The molecule has 0 spiro atoms. The highest BCUT2D eigenvalue weighted by Crippen LogP contribution is 2.21. The molecule has 0 N–H and O–H groups in total. The van der Waals surface area contributed by atoms with E-state index in [9.17, 15) is 9.59 Å². The standard InChI is InChI=1S/C18H18N2O6/c1-10-5-14(12(3)20(10)17-6-11(2)26-19-17)18(22)25-8-13-7-15(21)16(23-4)9-24-13/h5-7,9H,8H2,1-4H3. The van der Waals surface area contributed by atoms with Crippen molar-refractivity contribution in [1.29, 1.82) is 0 Å². The van der Waals surface area contributed by atoms with Gasteiger partial charge in [0.2, 0.25) is 11.2 Å². The first kappa shape index (κ1) is 17.5. The predicted octanol–water partition coefficient (Wildman–Crippen LogP) is 2.71. The molecule has 0 fully saturated rings. The molecule has 0 saturated carbocycles. The monoisotopic (exact) mass is 358 g/mol. The Balaban J connectivity index is 1.78. The zero-order valence-electron chi connectivity index (χ0n) is 14.9. The van der Waals surface area contributed by atoms with Gasteiger partial charge in [-0.05, 0) is 26.8 Å². The van der Waals surface area contributed by atoms with Gasteiger partial charge in [0.1, 0.15) is 24.4 Å². The molecule has 3 rings (SSSR count). The van der Waals surface area contributed by atoms with Crippen molar-refractivity contribution in [3.63, 3.8) is 0 Å². The first-order valence-electron chi connectivity index (χ1n) is 7.86. The first-order valence-corrected chi connectivity index (χ1v) is 7.86. The summed E-state index contributed by atoms with van der Waals surface area (Å²) in [5.74, 6) is 1.06. The lowest BCUT2D eigenvalue weighted by Gasteiger charge is -2.06. The molecule has 0 atom stereocenters. The van der Waals surface area contributed by atoms with Crippen LogP contribution in [-0.2, 0) is 11.3 Å². The van der Waals surface area contributed by atoms with E-state index in [1.54, 1.807) is 30.5 Å². The van der Waals surface area contributed by atoms with Gasteiger partial charge in [0.15, 0.2) is 5.82 Å². The maximum atomic E-state index is 12.4. The van der Waals surface area contributed by atoms with E-state index in [0.29, 0.717) is 22.8 Å². The lowest BCUT2D eigenvalue weighted by Crippen LogP contribution is -2.10. The van der Waals surface area contributed by atoms with Crippen molar-refractivity contribution in [2.45, 2.75) is 27.4 Å². The van der Waals surface area contributed by atoms with Gasteiger partial charge in [0.05, 0.1) is 12.7 Å². The Bertz CT molecular complexity index is 1010. The Hall–Kier alpha value is -3.29. The van der Waals surface area contributed by atoms with E-state index in [4.69, 9.17) is 18.4 Å². The number of carbonyl (C=O) groups is 1. The number of rotatable bonds is 5. The van der Waals surface area contributed by atoms with Crippen LogP contribution >= 0.6 is 0 Å². The highest BCUT2D eigenvalue weighted by molar-refractivity contribution is 5.91. The molecule has 3 aromatic heterocycles. The van der Waals surface area contributed by atoms with Crippen molar-refractivity contribution in [2.24, 2.45) is 0 Å². The van der Waals surface area contributed by atoms with E-state index < -0.39 is 5.97 Å². The lowest BCUT2D eigenvalue weighted by molar-refractivity contribution is 0.0442.